The van der Waals surface area contributed by atoms with E-state index in [4.69, 9.17) is 4.74 Å². The van der Waals surface area contributed by atoms with Gasteiger partial charge in [0.05, 0.1) is 16.6 Å². The van der Waals surface area contributed by atoms with Gasteiger partial charge in [0, 0.05) is 11.8 Å². The van der Waals surface area contributed by atoms with Gasteiger partial charge in [-0.2, -0.15) is 23.8 Å². The number of nitrogens with zero attached hydrogens (tertiary/aromatic N) is 3. The van der Waals surface area contributed by atoms with Gasteiger partial charge in [-0.15, -0.1) is 6.26 Å². The topological polar surface area (TPSA) is 76.5 Å². The van der Waals surface area contributed by atoms with E-state index in [9.17, 15) is 26.2 Å². The Hall–Kier alpha value is -3.02. The molecule has 0 bridgehead atoms. The first-order valence-corrected chi connectivity index (χ1v) is 9.85. The molecule has 30 heavy (non-hydrogen) atoms. The van der Waals surface area contributed by atoms with Crippen molar-refractivity contribution in [2.24, 2.45) is 4.36 Å². The lowest BCUT2D eigenvalue weighted by Crippen LogP contribution is -2.31. The van der Waals surface area contributed by atoms with Crippen molar-refractivity contribution in [2.45, 2.75) is 19.2 Å². The highest BCUT2D eigenvalue weighted by Gasteiger charge is 2.38. The van der Waals surface area contributed by atoms with Crippen LogP contribution in [0.15, 0.2) is 41.0 Å². The Kier molecular flexibility index (Phi) is 6.06. The van der Waals surface area contributed by atoms with Crippen molar-refractivity contribution >= 4 is 38.7 Å². The maximum Gasteiger partial charge on any atom is 0.425 e. The van der Waals surface area contributed by atoms with Crippen molar-refractivity contribution in [3.05, 3.63) is 48.3 Å². The predicted octanol–water partition coefficient (Wildman–Crippen LogP) is 5.39. The van der Waals surface area contributed by atoms with Gasteiger partial charge in [0.15, 0.2) is 6.10 Å². The van der Waals surface area contributed by atoms with E-state index in [2.05, 4.69) is 19.6 Å². The van der Waals surface area contributed by atoms with Crippen LogP contribution in [0.3, 0.4) is 0 Å². The van der Waals surface area contributed by atoms with Gasteiger partial charge in [0.1, 0.15) is 29.5 Å². The van der Waals surface area contributed by atoms with Gasteiger partial charge in [-0.3, -0.25) is 0 Å². The molecule has 0 aliphatic heterocycles. The number of rotatable bonds is 5. The van der Waals surface area contributed by atoms with Crippen LogP contribution >= 0.6 is 0 Å². The highest BCUT2D eigenvalue weighted by molar-refractivity contribution is 7.74. The fourth-order valence-electron chi connectivity index (χ4n) is 2.51. The second-order valence-corrected chi connectivity index (χ2v) is 7.16. The molecule has 1 heterocycles. The zero-order chi connectivity index (χ0) is 22.1. The summed E-state index contributed by atoms with van der Waals surface area (Å²) in [6.07, 6.45) is -4.47. The molecule has 6 nitrogen and oxygen atoms in total. The van der Waals surface area contributed by atoms with E-state index in [0.29, 0.717) is 0 Å². The van der Waals surface area contributed by atoms with Crippen molar-refractivity contribution in [2.75, 3.05) is 11.6 Å². The molecule has 0 aliphatic rings. The minimum absolute atomic E-state index is 0.0599. The fraction of sp³-hybridized carbons (Fsp3) is 0.222. The van der Waals surface area contributed by atoms with Crippen LogP contribution in [-0.2, 0) is 14.8 Å². The SMILES string of the molecule is C[C@@H](Oc1cc(F)ccc1Nc1ncnc2cc(N=[S-](C)=O)cc(F)c12)C(F)(F)F. The maximum atomic E-state index is 14.7. The Bertz CT molecular complexity index is 1180. The first-order chi connectivity index (χ1) is 14.0. The number of nitrogens with one attached hydrogen (secondary N) is 1. The number of hydrogen-bond donors (Lipinski definition) is 1. The zero-order valence-electron chi connectivity index (χ0n) is 15.5. The third kappa shape index (κ3) is 4.93. The van der Waals surface area contributed by atoms with Crippen molar-refractivity contribution in [1.29, 1.82) is 0 Å². The first kappa shape index (κ1) is 21.7. The Balaban J connectivity index is 2.05. The normalized spacial score (nSPS) is 14.0. The number of halogens is 5. The third-order valence-electron chi connectivity index (χ3n) is 3.87. The fourth-order valence-corrected chi connectivity index (χ4v) is 2.91. The highest BCUT2D eigenvalue weighted by Crippen LogP contribution is 2.35. The van der Waals surface area contributed by atoms with Crippen LogP contribution in [0.5, 0.6) is 5.75 Å². The van der Waals surface area contributed by atoms with E-state index in [1.807, 2.05) is 0 Å². The summed E-state index contributed by atoms with van der Waals surface area (Å²) in [6, 6.07) is 5.31. The number of fused-ring (bicyclic) bond motifs is 1. The monoisotopic (exact) mass is 445 g/mol. The zero-order valence-corrected chi connectivity index (χ0v) is 16.3. The van der Waals surface area contributed by atoms with Crippen LogP contribution in [0.4, 0.5) is 39.1 Å². The molecule has 0 saturated carbocycles. The summed E-state index contributed by atoms with van der Waals surface area (Å²) < 4.78 is 86.6. The molecule has 0 unspecified atom stereocenters. The summed E-state index contributed by atoms with van der Waals surface area (Å²) in [5, 5.41) is 2.57. The molecule has 0 aliphatic carbocycles. The van der Waals surface area contributed by atoms with Crippen molar-refractivity contribution < 1.29 is 30.9 Å². The standard InChI is InChI=1S/C18H14F5N4O2S/c1-9(18(21,22)23)29-15-5-10(19)3-4-13(15)26-17-16-12(20)6-11(27-30(2)28)7-14(16)24-8-25-17/h3-9H,1-2H3,(H,24,25,26)/q-1/t9-/m1/s1. The van der Waals surface area contributed by atoms with Gasteiger partial charge >= 0.3 is 6.18 Å². The quantitative estimate of drug-likeness (QED) is 0.421. The smallest absolute Gasteiger partial charge is 0.425 e. The van der Waals surface area contributed by atoms with E-state index in [-0.39, 0.29) is 28.1 Å². The van der Waals surface area contributed by atoms with Crippen LogP contribution < -0.4 is 10.1 Å². The molecule has 1 atom stereocenters. The molecule has 0 spiro atoms. The molecule has 1 aromatic heterocycles. The molecule has 12 heteroatoms. The van der Waals surface area contributed by atoms with E-state index >= 15 is 0 Å². The molecular formula is C18H14F5N4O2S-. The summed E-state index contributed by atoms with van der Waals surface area (Å²) >= 11 is 0. The van der Waals surface area contributed by atoms with Crippen LogP contribution in [-0.4, -0.2) is 28.5 Å². The number of anilines is 2. The van der Waals surface area contributed by atoms with E-state index in [1.165, 1.54) is 12.3 Å². The average Bonchev–Trinajstić information content (AvgIpc) is 2.62. The largest absolute Gasteiger partial charge is 0.479 e. The molecule has 0 amide bonds. The van der Waals surface area contributed by atoms with Gasteiger partial charge in [-0.05, 0) is 31.2 Å². The van der Waals surface area contributed by atoms with Gasteiger partial charge < -0.3 is 18.6 Å². The first-order valence-electron chi connectivity index (χ1n) is 8.34. The molecule has 0 fully saturated rings. The van der Waals surface area contributed by atoms with Crippen LogP contribution in [0.2, 0.25) is 0 Å². The lowest BCUT2D eigenvalue weighted by atomic mass is 10.2. The Morgan fingerprint density at radius 2 is 1.90 bits per heavy atom. The molecule has 160 valence electrons. The van der Waals surface area contributed by atoms with Crippen LogP contribution in [0.25, 0.3) is 10.9 Å². The van der Waals surface area contributed by atoms with Gasteiger partial charge in [0.25, 0.3) is 0 Å². The van der Waals surface area contributed by atoms with Gasteiger partial charge in [0.2, 0.25) is 0 Å². The summed E-state index contributed by atoms with van der Waals surface area (Å²) in [6.45, 7) is 0.775. The van der Waals surface area contributed by atoms with Gasteiger partial charge in [-0.25, -0.2) is 18.7 Å². The number of benzene rings is 2. The summed E-state index contributed by atoms with van der Waals surface area (Å²) in [4.78, 5) is 7.86. The predicted molar refractivity (Wildman–Crippen MR) is 101 cm³/mol. The summed E-state index contributed by atoms with van der Waals surface area (Å²) in [5.41, 5.74) is 0.149. The van der Waals surface area contributed by atoms with E-state index in [0.717, 1.165) is 37.5 Å². The Morgan fingerprint density at radius 3 is 2.57 bits per heavy atom. The summed E-state index contributed by atoms with van der Waals surface area (Å²) in [7, 11) is -1.57. The highest BCUT2D eigenvalue weighted by atomic mass is 32.2. The van der Waals surface area contributed by atoms with Gasteiger partial charge in [-0.1, -0.05) is 0 Å². The van der Waals surface area contributed by atoms with Crippen LogP contribution in [0, 0.1) is 11.6 Å². The van der Waals surface area contributed by atoms with Crippen molar-refractivity contribution in [3.63, 3.8) is 0 Å². The number of alkyl halides is 3. The molecule has 2 aromatic carbocycles. The Morgan fingerprint density at radius 1 is 1.17 bits per heavy atom. The number of aromatic nitrogens is 2. The molecule has 0 saturated heterocycles. The number of ether oxygens (including phenoxy) is 1. The molecule has 1 N–H and O–H groups in total. The van der Waals surface area contributed by atoms with Crippen LogP contribution in [0.1, 0.15) is 6.92 Å². The molecule has 3 aromatic rings. The molecule has 3 rings (SSSR count). The Labute approximate surface area is 169 Å². The second kappa shape index (κ2) is 8.38. The average molecular weight is 445 g/mol. The third-order valence-corrected chi connectivity index (χ3v) is 4.34. The lowest BCUT2D eigenvalue weighted by molar-refractivity contribution is -0.189. The molecular weight excluding hydrogens is 431 g/mol. The van der Waals surface area contributed by atoms with Crippen molar-refractivity contribution in [3.8, 4) is 5.75 Å². The second-order valence-electron chi connectivity index (χ2n) is 6.13. The molecule has 0 radical (unpaired) electrons. The minimum Gasteiger partial charge on any atom is -0.479 e. The van der Waals surface area contributed by atoms with E-state index < -0.39 is 40.3 Å². The minimum atomic E-state index is -4.67. The van der Waals surface area contributed by atoms with E-state index in [1.54, 1.807) is 0 Å². The summed E-state index contributed by atoms with van der Waals surface area (Å²) in [5.74, 6) is -2.13. The van der Waals surface area contributed by atoms with Crippen molar-refractivity contribution in [1.82, 2.24) is 9.97 Å². The maximum absolute atomic E-state index is 14.7. The number of hydrogen-bond acceptors (Lipinski definition) is 7. The lowest BCUT2D eigenvalue weighted by Gasteiger charge is -2.20.